The van der Waals surface area contributed by atoms with Gasteiger partial charge in [-0.05, 0) is 63.4 Å². The fourth-order valence-corrected chi connectivity index (χ4v) is 6.16. The molecule has 0 spiro atoms. The average Bonchev–Trinajstić information content (AvgIpc) is 3.00. The van der Waals surface area contributed by atoms with Crippen molar-refractivity contribution in [2.24, 2.45) is 0 Å². The summed E-state index contributed by atoms with van der Waals surface area (Å²) < 4.78 is 81.5. The van der Waals surface area contributed by atoms with Gasteiger partial charge in [-0.15, -0.1) is 0 Å². The van der Waals surface area contributed by atoms with Crippen LogP contribution in [0.2, 0.25) is 0 Å². The van der Waals surface area contributed by atoms with Crippen molar-refractivity contribution in [3.05, 3.63) is 47.7 Å². The SMILES string of the molecule is CC1(NC(=O)c2ccc3c(c2)C(C)(C)C(=O)N3c2cc(OC(F)(F)C(F)(F)Br)ccn2)CCS(=O)(=O)CC1. The molecule has 0 atom stereocenters. The van der Waals surface area contributed by atoms with Crippen molar-refractivity contribution < 1.29 is 40.3 Å². The number of halogens is 5. The van der Waals surface area contributed by atoms with Gasteiger partial charge >= 0.3 is 10.9 Å². The Bertz CT molecular complexity index is 1400. The van der Waals surface area contributed by atoms with Crippen LogP contribution in [0, 0.1) is 0 Å². The number of alkyl halides is 5. The third-order valence-corrected chi connectivity index (χ3v) is 8.89. The number of carbonyl (C=O) groups excluding carboxylic acids is 2. The summed E-state index contributed by atoms with van der Waals surface area (Å²) in [4.78, 5) is 27.0. The van der Waals surface area contributed by atoms with E-state index in [1.54, 1.807) is 36.7 Å². The first-order chi connectivity index (χ1) is 17.4. The molecule has 0 aliphatic carbocycles. The standard InChI is InChI=1S/C24H24BrF4N3O5S/c1-21(2)16-12-14(19(33)31-22(3)7-10-38(35,36)11-8-22)4-5-17(16)32(20(21)34)18-13-15(6-9-30-18)37-24(28,29)23(25,26)27/h4-6,9,12-13H,7-8,10-11H2,1-3H3,(H,31,33). The van der Waals surface area contributed by atoms with Crippen molar-refractivity contribution in [3.8, 4) is 5.75 Å². The number of benzene rings is 1. The van der Waals surface area contributed by atoms with E-state index < -0.39 is 49.3 Å². The zero-order chi connectivity index (χ0) is 28.3. The molecule has 3 heterocycles. The minimum Gasteiger partial charge on any atom is -0.427 e. The maximum Gasteiger partial charge on any atom is 0.475 e. The molecule has 0 unspecified atom stereocenters. The van der Waals surface area contributed by atoms with E-state index in [-0.39, 0.29) is 35.7 Å². The molecule has 1 aromatic heterocycles. The van der Waals surface area contributed by atoms with E-state index in [4.69, 9.17) is 0 Å². The number of nitrogens with one attached hydrogen (secondary N) is 1. The Morgan fingerprint density at radius 2 is 1.74 bits per heavy atom. The van der Waals surface area contributed by atoms with E-state index in [2.05, 4.69) is 15.0 Å². The van der Waals surface area contributed by atoms with Crippen molar-refractivity contribution in [1.82, 2.24) is 10.3 Å². The number of anilines is 2. The molecule has 206 valence electrons. The summed E-state index contributed by atoms with van der Waals surface area (Å²) in [5, 5.41) is 2.90. The summed E-state index contributed by atoms with van der Waals surface area (Å²) in [5.41, 5.74) is -0.840. The molecule has 14 heteroatoms. The maximum atomic E-state index is 13.7. The summed E-state index contributed by atoms with van der Waals surface area (Å²) in [6, 6.07) is 6.40. The minimum atomic E-state index is -4.88. The lowest BCUT2D eigenvalue weighted by Gasteiger charge is -2.34. The molecular formula is C24H24BrF4N3O5S. The third-order valence-electron chi connectivity index (χ3n) is 6.78. The van der Waals surface area contributed by atoms with Crippen LogP contribution in [-0.4, -0.2) is 53.2 Å². The summed E-state index contributed by atoms with van der Waals surface area (Å²) in [6.45, 7) is 5.00. The number of aromatic nitrogens is 1. The van der Waals surface area contributed by atoms with Gasteiger partial charge in [0.25, 0.3) is 5.91 Å². The highest BCUT2D eigenvalue weighted by Crippen LogP contribution is 2.46. The van der Waals surface area contributed by atoms with Gasteiger partial charge < -0.3 is 10.1 Å². The zero-order valence-corrected chi connectivity index (χ0v) is 22.9. The van der Waals surface area contributed by atoms with Gasteiger partial charge in [0, 0.05) is 39.3 Å². The van der Waals surface area contributed by atoms with Gasteiger partial charge in [0.1, 0.15) is 21.4 Å². The van der Waals surface area contributed by atoms with Gasteiger partial charge in [0.2, 0.25) is 5.91 Å². The highest BCUT2D eigenvalue weighted by Gasteiger charge is 2.58. The molecule has 0 radical (unpaired) electrons. The van der Waals surface area contributed by atoms with Crippen LogP contribution in [0.3, 0.4) is 0 Å². The fraction of sp³-hybridized carbons (Fsp3) is 0.458. The van der Waals surface area contributed by atoms with Crippen LogP contribution < -0.4 is 15.0 Å². The Morgan fingerprint density at radius 3 is 2.34 bits per heavy atom. The first kappa shape index (κ1) is 28.3. The number of nitrogens with zero attached hydrogens (tertiary/aromatic N) is 2. The molecule has 2 aliphatic rings. The Hall–Kier alpha value is -2.74. The Morgan fingerprint density at radius 1 is 1.11 bits per heavy atom. The quantitative estimate of drug-likeness (QED) is 0.370. The lowest BCUT2D eigenvalue weighted by Crippen LogP contribution is -2.50. The molecule has 2 amide bonds. The number of hydrogen-bond acceptors (Lipinski definition) is 6. The second-order valence-corrected chi connectivity index (χ2v) is 13.4. The van der Waals surface area contributed by atoms with Crippen LogP contribution in [0.5, 0.6) is 5.75 Å². The van der Waals surface area contributed by atoms with Crippen molar-refractivity contribution in [2.45, 2.75) is 55.5 Å². The first-order valence-corrected chi connectivity index (χ1v) is 14.1. The average molecular weight is 622 g/mol. The minimum absolute atomic E-state index is 0.0283. The Labute approximate surface area is 224 Å². The van der Waals surface area contributed by atoms with Crippen molar-refractivity contribution in [2.75, 3.05) is 16.4 Å². The summed E-state index contributed by atoms with van der Waals surface area (Å²) in [7, 11) is -3.13. The van der Waals surface area contributed by atoms with Crippen molar-refractivity contribution in [3.63, 3.8) is 0 Å². The predicted octanol–water partition coefficient (Wildman–Crippen LogP) is 4.69. The van der Waals surface area contributed by atoms with Gasteiger partial charge in [-0.2, -0.15) is 17.6 Å². The smallest absolute Gasteiger partial charge is 0.427 e. The number of pyridine rings is 1. The number of sulfone groups is 1. The van der Waals surface area contributed by atoms with Crippen molar-refractivity contribution in [1.29, 1.82) is 0 Å². The lowest BCUT2D eigenvalue weighted by molar-refractivity contribution is -0.266. The molecule has 0 bridgehead atoms. The topological polar surface area (TPSA) is 106 Å². The van der Waals surface area contributed by atoms with Crippen molar-refractivity contribution >= 4 is 49.1 Å². The largest absolute Gasteiger partial charge is 0.475 e. The van der Waals surface area contributed by atoms with E-state index in [9.17, 15) is 35.6 Å². The van der Waals surface area contributed by atoms with Crippen LogP contribution >= 0.6 is 15.9 Å². The van der Waals surface area contributed by atoms with Crippen LogP contribution in [-0.2, 0) is 20.0 Å². The number of hydrogen-bond donors (Lipinski definition) is 1. The second-order valence-electron chi connectivity index (χ2n) is 10.1. The van der Waals surface area contributed by atoms with Crippen LogP contribution in [0.1, 0.15) is 49.5 Å². The van der Waals surface area contributed by atoms with Gasteiger partial charge in [-0.1, -0.05) is 0 Å². The third kappa shape index (κ3) is 5.24. The van der Waals surface area contributed by atoms with Gasteiger partial charge in [-0.25, -0.2) is 13.4 Å². The van der Waals surface area contributed by atoms with Crippen LogP contribution in [0.15, 0.2) is 36.5 Å². The molecular weight excluding hydrogens is 598 g/mol. The molecule has 8 nitrogen and oxygen atoms in total. The van der Waals surface area contributed by atoms with Gasteiger partial charge in [0.15, 0.2) is 0 Å². The molecule has 2 aliphatic heterocycles. The molecule has 0 saturated carbocycles. The highest BCUT2D eigenvalue weighted by atomic mass is 79.9. The molecule has 38 heavy (non-hydrogen) atoms. The number of amides is 2. The fourth-order valence-electron chi connectivity index (χ4n) is 4.36. The van der Waals surface area contributed by atoms with E-state index >= 15 is 0 Å². The Balaban J connectivity index is 1.63. The molecule has 1 saturated heterocycles. The van der Waals surface area contributed by atoms with E-state index in [0.717, 1.165) is 23.2 Å². The van der Waals surface area contributed by atoms with Gasteiger partial charge in [-0.3, -0.25) is 14.5 Å². The highest BCUT2D eigenvalue weighted by molar-refractivity contribution is 9.10. The number of fused-ring (bicyclic) bond motifs is 1. The lowest BCUT2D eigenvalue weighted by atomic mass is 9.85. The van der Waals surface area contributed by atoms with Gasteiger partial charge in [0.05, 0.1) is 22.6 Å². The molecule has 1 aromatic carbocycles. The maximum absolute atomic E-state index is 13.7. The summed E-state index contributed by atoms with van der Waals surface area (Å²) in [5.74, 6) is -1.77. The normalized spacial score (nSPS) is 20.1. The van der Waals surface area contributed by atoms with Crippen LogP contribution in [0.4, 0.5) is 29.1 Å². The second kappa shape index (κ2) is 9.18. The van der Waals surface area contributed by atoms with Crippen LogP contribution in [0.25, 0.3) is 0 Å². The molecule has 1 N–H and O–H groups in total. The first-order valence-electron chi connectivity index (χ1n) is 11.5. The predicted molar refractivity (Wildman–Crippen MR) is 134 cm³/mol. The number of ether oxygens (including phenoxy) is 1. The Kier molecular flexibility index (Phi) is 6.83. The monoisotopic (exact) mass is 621 g/mol. The van der Waals surface area contributed by atoms with E-state index in [1.807, 2.05) is 0 Å². The summed E-state index contributed by atoms with van der Waals surface area (Å²) >= 11 is 1.60. The number of carbonyl (C=O) groups is 2. The molecule has 1 fully saturated rings. The molecule has 4 rings (SSSR count). The molecule has 2 aromatic rings. The number of rotatable bonds is 6. The summed E-state index contributed by atoms with van der Waals surface area (Å²) in [6.07, 6.45) is -3.29. The zero-order valence-electron chi connectivity index (χ0n) is 20.5. The van der Waals surface area contributed by atoms with E-state index in [1.165, 1.54) is 18.2 Å². The van der Waals surface area contributed by atoms with E-state index in [0.29, 0.717) is 11.3 Å².